The number of aryl methyl sites for hydroxylation is 1. The highest BCUT2D eigenvalue weighted by Gasteiger charge is 2.24. The molecule has 1 unspecified atom stereocenters. The van der Waals surface area contributed by atoms with Gasteiger partial charge in [0.15, 0.2) is 0 Å². The number of hydrogen-bond acceptors (Lipinski definition) is 4. The van der Waals surface area contributed by atoms with Crippen LogP contribution in [-0.2, 0) is 4.74 Å². The molecule has 19 heavy (non-hydrogen) atoms. The number of hydrogen-bond donors (Lipinski definition) is 0. The van der Waals surface area contributed by atoms with Crippen molar-refractivity contribution >= 4 is 17.7 Å². The molecule has 4 nitrogen and oxygen atoms in total. The molecule has 0 aromatic carbocycles. The zero-order valence-corrected chi connectivity index (χ0v) is 12.4. The molecule has 1 saturated heterocycles. The summed E-state index contributed by atoms with van der Waals surface area (Å²) in [7, 11) is 0. The summed E-state index contributed by atoms with van der Waals surface area (Å²) < 4.78 is 6.85. The van der Waals surface area contributed by atoms with Crippen LogP contribution in [0.5, 0.6) is 0 Å². The first-order valence-corrected chi connectivity index (χ1v) is 7.69. The molecule has 0 radical (unpaired) electrons. The Bertz CT molecular complexity index is 544. The molecule has 0 N–H and O–H groups in total. The number of carbonyl (C=O) groups is 1. The Morgan fingerprint density at radius 1 is 1.53 bits per heavy atom. The molecule has 2 rings (SSSR count). The van der Waals surface area contributed by atoms with Crippen LogP contribution >= 0.6 is 11.8 Å². The van der Waals surface area contributed by atoms with Gasteiger partial charge in [0.25, 0.3) is 5.56 Å². The van der Waals surface area contributed by atoms with E-state index < -0.39 is 0 Å². The lowest BCUT2D eigenvalue weighted by molar-refractivity contribution is 0.0523. The topological polar surface area (TPSA) is 48.3 Å². The van der Waals surface area contributed by atoms with Crippen LogP contribution in [0.25, 0.3) is 0 Å². The summed E-state index contributed by atoms with van der Waals surface area (Å²) in [5, 5.41) is 0. The molecular weight excluding hydrogens is 262 g/mol. The highest BCUT2D eigenvalue weighted by molar-refractivity contribution is 7.99. The molecule has 1 aromatic rings. The van der Waals surface area contributed by atoms with E-state index in [1.807, 2.05) is 18.7 Å². The maximum Gasteiger partial charge on any atom is 0.340 e. The fraction of sp³-hybridized carbons (Fsp3) is 0.571. The zero-order valence-electron chi connectivity index (χ0n) is 11.6. The fourth-order valence-electron chi connectivity index (χ4n) is 2.59. The number of aromatic nitrogens is 1. The van der Waals surface area contributed by atoms with Gasteiger partial charge in [0.1, 0.15) is 0 Å². The van der Waals surface area contributed by atoms with Gasteiger partial charge in [-0.2, -0.15) is 11.8 Å². The van der Waals surface area contributed by atoms with Crippen LogP contribution in [0, 0.1) is 13.8 Å². The van der Waals surface area contributed by atoms with Gasteiger partial charge >= 0.3 is 5.97 Å². The summed E-state index contributed by atoms with van der Waals surface area (Å²) in [5.74, 6) is 1.67. The number of pyridine rings is 1. The number of rotatable bonds is 3. The maximum absolute atomic E-state index is 12.2. The Balaban J connectivity index is 2.52. The molecule has 1 atom stereocenters. The van der Waals surface area contributed by atoms with E-state index in [9.17, 15) is 9.59 Å². The van der Waals surface area contributed by atoms with Crippen LogP contribution in [0.2, 0.25) is 0 Å². The van der Waals surface area contributed by atoms with E-state index in [-0.39, 0.29) is 17.6 Å². The summed E-state index contributed by atoms with van der Waals surface area (Å²) in [6.07, 6.45) is 0.983. The summed E-state index contributed by atoms with van der Waals surface area (Å²) in [6, 6.07) is 1.74. The largest absolute Gasteiger partial charge is 0.462 e. The highest BCUT2D eigenvalue weighted by Crippen LogP contribution is 2.28. The molecule has 0 aliphatic carbocycles. The molecule has 0 bridgehead atoms. The Kier molecular flexibility index (Phi) is 4.34. The maximum atomic E-state index is 12.2. The number of nitrogens with zero attached hydrogens (tertiary/aromatic N) is 1. The van der Waals surface area contributed by atoms with E-state index in [2.05, 4.69) is 0 Å². The van der Waals surface area contributed by atoms with Crippen molar-refractivity contribution in [2.75, 3.05) is 18.1 Å². The van der Waals surface area contributed by atoms with E-state index in [1.54, 1.807) is 24.5 Å². The van der Waals surface area contributed by atoms with E-state index in [0.717, 1.165) is 23.6 Å². The van der Waals surface area contributed by atoms with E-state index in [4.69, 9.17) is 4.74 Å². The third-order valence-corrected chi connectivity index (χ3v) is 4.59. The third-order valence-electron chi connectivity index (χ3n) is 3.45. The van der Waals surface area contributed by atoms with Gasteiger partial charge in [0.05, 0.1) is 12.2 Å². The monoisotopic (exact) mass is 281 g/mol. The van der Waals surface area contributed by atoms with Crippen molar-refractivity contribution in [1.29, 1.82) is 0 Å². The minimum atomic E-state index is -0.336. The number of thioether (sulfide) groups is 1. The second-order valence-electron chi connectivity index (χ2n) is 4.73. The molecule has 1 aliphatic rings. The Hall–Kier alpha value is -1.23. The van der Waals surface area contributed by atoms with E-state index >= 15 is 0 Å². The van der Waals surface area contributed by atoms with Crippen molar-refractivity contribution in [1.82, 2.24) is 4.57 Å². The molecule has 2 heterocycles. The molecule has 104 valence electrons. The number of carbonyl (C=O) groups excluding carboxylic acids is 1. The van der Waals surface area contributed by atoms with Gasteiger partial charge < -0.3 is 9.30 Å². The van der Waals surface area contributed by atoms with Gasteiger partial charge in [-0.15, -0.1) is 0 Å². The van der Waals surface area contributed by atoms with Gasteiger partial charge in [-0.25, -0.2) is 4.79 Å². The average molecular weight is 281 g/mol. The summed E-state index contributed by atoms with van der Waals surface area (Å²) >= 11 is 1.85. The standard InChI is InChI=1S/C14H19NO3S/c1-4-18-14(17)13-9(2)7-12(16)15(10(13)3)11-5-6-19-8-11/h7,11H,4-6,8H2,1-3H3. The molecular formula is C14H19NO3S. The van der Waals surface area contributed by atoms with Crippen LogP contribution < -0.4 is 5.56 Å². The predicted octanol–water partition coefficient (Wildman–Crippen LogP) is 2.32. The highest BCUT2D eigenvalue weighted by atomic mass is 32.2. The van der Waals surface area contributed by atoms with Crippen LogP contribution in [0.1, 0.15) is 41.0 Å². The Morgan fingerprint density at radius 3 is 2.84 bits per heavy atom. The fourth-order valence-corrected chi connectivity index (χ4v) is 3.78. The molecule has 0 amide bonds. The predicted molar refractivity (Wildman–Crippen MR) is 77.1 cm³/mol. The van der Waals surface area contributed by atoms with Gasteiger partial charge in [0.2, 0.25) is 0 Å². The van der Waals surface area contributed by atoms with Crippen LogP contribution in [-0.4, -0.2) is 28.6 Å². The minimum absolute atomic E-state index is 0.0180. The molecule has 1 aliphatic heterocycles. The van der Waals surface area contributed by atoms with Crippen molar-refractivity contribution < 1.29 is 9.53 Å². The molecule has 5 heteroatoms. The third kappa shape index (κ3) is 2.71. The lowest BCUT2D eigenvalue weighted by Gasteiger charge is -2.19. The summed E-state index contributed by atoms with van der Waals surface area (Å²) in [5.41, 5.74) is 1.95. The van der Waals surface area contributed by atoms with Crippen molar-refractivity contribution in [3.05, 3.63) is 33.2 Å². The van der Waals surface area contributed by atoms with Crippen molar-refractivity contribution in [2.24, 2.45) is 0 Å². The minimum Gasteiger partial charge on any atom is -0.462 e. The quantitative estimate of drug-likeness (QED) is 0.798. The van der Waals surface area contributed by atoms with Crippen molar-refractivity contribution in [3.8, 4) is 0 Å². The van der Waals surface area contributed by atoms with Crippen LogP contribution in [0.3, 0.4) is 0 Å². The lowest BCUT2D eigenvalue weighted by atomic mass is 10.1. The van der Waals surface area contributed by atoms with Gasteiger partial charge in [-0.05, 0) is 38.5 Å². The first-order chi connectivity index (χ1) is 9.06. The number of esters is 1. The van der Waals surface area contributed by atoms with Gasteiger partial charge in [-0.3, -0.25) is 4.79 Å². The lowest BCUT2D eigenvalue weighted by Crippen LogP contribution is -2.29. The van der Waals surface area contributed by atoms with Crippen molar-refractivity contribution in [3.63, 3.8) is 0 Å². The smallest absolute Gasteiger partial charge is 0.340 e. The molecule has 1 aromatic heterocycles. The van der Waals surface area contributed by atoms with E-state index in [1.165, 1.54) is 0 Å². The molecule has 0 saturated carbocycles. The van der Waals surface area contributed by atoms with E-state index in [0.29, 0.717) is 17.7 Å². The Labute approximate surface area is 117 Å². The first kappa shape index (κ1) is 14.2. The second kappa shape index (κ2) is 5.82. The normalized spacial score (nSPS) is 18.6. The summed E-state index contributed by atoms with van der Waals surface area (Å²) in [4.78, 5) is 24.2. The average Bonchev–Trinajstić information content (AvgIpc) is 2.82. The van der Waals surface area contributed by atoms with Crippen molar-refractivity contribution in [2.45, 2.75) is 33.2 Å². The van der Waals surface area contributed by atoms with Crippen LogP contribution in [0.4, 0.5) is 0 Å². The number of ether oxygens (including phenoxy) is 1. The second-order valence-corrected chi connectivity index (χ2v) is 5.88. The first-order valence-electron chi connectivity index (χ1n) is 6.53. The zero-order chi connectivity index (χ0) is 14.0. The SMILES string of the molecule is CCOC(=O)c1c(C)cc(=O)n(C2CCSC2)c1C. The molecule has 1 fully saturated rings. The summed E-state index contributed by atoms with van der Waals surface area (Å²) in [6.45, 7) is 5.75. The van der Waals surface area contributed by atoms with Crippen LogP contribution in [0.15, 0.2) is 10.9 Å². The van der Waals surface area contributed by atoms with Gasteiger partial charge in [0, 0.05) is 23.6 Å². The van der Waals surface area contributed by atoms with Gasteiger partial charge in [-0.1, -0.05) is 0 Å². The molecule has 0 spiro atoms. The Morgan fingerprint density at radius 2 is 2.26 bits per heavy atom.